The molecule has 0 aromatic heterocycles. The number of hydrogen-bond donors (Lipinski definition) is 0. The Bertz CT molecular complexity index is 611. The van der Waals surface area contributed by atoms with E-state index in [1.807, 2.05) is 0 Å². The SMILES string of the molecule is COc1cc(/C=C/C(=O)N2CCC(OC)C2)ccc1OC(C)=O. The maximum absolute atomic E-state index is 12.1. The molecule has 1 fully saturated rings. The molecular weight excluding hydrogens is 298 g/mol. The highest BCUT2D eigenvalue weighted by Crippen LogP contribution is 2.28. The Morgan fingerprint density at radius 3 is 2.65 bits per heavy atom. The molecule has 0 bridgehead atoms. The molecule has 0 N–H and O–H groups in total. The molecule has 1 unspecified atom stereocenters. The van der Waals surface area contributed by atoms with Crippen LogP contribution in [0.4, 0.5) is 0 Å². The van der Waals surface area contributed by atoms with Crippen molar-refractivity contribution < 1.29 is 23.8 Å². The molecule has 23 heavy (non-hydrogen) atoms. The first-order chi connectivity index (χ1) is 11.0. The predicted octanol–water partition coefficient (Wildman–Crippen LogP) is 1.88. The van der Waals surface area contributed by atoms with Crippen LogP contribution < -0.4 is 9.47 Å². The number of rotatable bonds is 5. The second-order valence-corrected chi connectivity index (χ2v) is 5.27. The molecule has 2 rings (SSSR count). The van der Waals surface area contributed by atoms with E-state index >= 15 is 0 Å². The van der Waals surface area contributed by atoms with Crippen LogP contribution in [0.15, 0.2) is 24.3 Å². The van der Waals surface area contributed by atoms with Gasteiger partial charge in [0.1, 0.15) is 0 Å². The average molecular weight is 319 g/mol. The van der Waals surface area contributed by atoms with Gasteiger partial charge in [-0.2, -0.15) is 0 Å². The topological polar surface area (TPSA) is 65.1 Å². The summed E-state index contributed by atoms with van der Waals surface area (Å²) in [4.78, 5) is 24.9. The summed E-state index contributed by atoms with van der Waals surface area (Å²) < 4.78 is 15.5. The van der Waals surface area contributed by atoms with Crippen molar-refractivity contribution >= 4 is 18.0 Å². The Kier molecular flexibility index (Phi) is 5.76. The summed E-state index contributed by atoms with van der Waals surface area (Å²) in [6.07, 6.45) is 4.22. The number of nitrogens with zero attached hydrogens (tertiary/aromatic N) is 1. The van der Waals surface area contributed by atoms with Gasteiger partial charge >= 0.3 is 5.97 Å². The zero-order valence-electron chi connectivity index (χ0n) is 13.6. The van der Waals surface area contributed by atoms with Gasteiger partial charge in [0.05, 0.1) is 13.2 Å². The molecule has 124 valence electrons. The van der Waals surface area contributed by atoms with Crippen molar-refractivity contribution in [2.45, 2.75) is 19.4 Å². The zero-order chi connectivity index (χ0) is 16.8. The fourth-order valence-electron chi connectivity index (χ4n) is 2.42. The van der Waals surface area contributed by atoms with Gasteiger partial charge in [-0.15, -0.1) is 0 Å². The van der Waals surface area contributed by atoms with E-state index in [-0.39, 0.29) is 12.0 Å². The van der Waals surface area contributed by atoms with Crippen LogP contribution in [0.2, 0.25) is 0 Å². The lowest BCUT2D eigenvalue weighted by molar-refractivity contribution is -0.132. The van der Waals surface area contributed by atoms with Crippen molar-refractivity contribution in [3.63, 3.8) is 0 Å². The summed E-state index contributed by atoms with van der Waals surface area (Å²) in [5, 5.41) is 0. The Labute approximate surface area is 135 Å². The Morgan fingerprint density at radius 2 is 2.04 bits per heavy atom. The van der Waals surface area contributed by atoms with E-state index in [1.54, 1.807) is 36.3 Å². The average Bonchev–Trinajstić information content (AvgIpc) is 3.02. The number of likely N-dealkylation sites (tertiary alicyclic amines) is 1. The van der Waals surface area contributed by atoms with Crippen LogP contribution >= 0.6 is 0 Å². The lowest BCUT2D eigenvalue weighted by Gasteiger charge is -2.13. The second-order valence-electron chi connectivity index (χ2n) is 5.27. The van der Waals surface area contributed by atoms with Crippen LogP contribution in [-0.4, -0.2) is 50.2 Å². The van der Waals surface area contributed by atoms with Crippen molar-refractivity contribution in [3.8, 4) is 11.5 Å². The van der Waals surface area contributed by atoms with Gasteiger partial charge in [0.25, 0.3) is 0 Å². The maximum Gasteiger partial charge on any atom is 0.308 e. The van der Waals surface area contributed by atoms with Gasteiger partial charge in [0, 0.05) is 33.2 Å². The van der Waals surface area contributed by atoms with E-state index in [2.05, 4.69) is 0 Å². The largest absolute Gasteiger partial charge is 0.493 e. The van der Waals surface area contributed by atoms with Crippen molar-refractivity contribution in [1.29, 1.82) is 0 Å². The van der Waals surface area contributed by atoms with Crippen LogP contribution in [0.3, 0.4) is 0 Å². The Balaban J connectivity index is 2.04. The van der Waals surface area contributed by atoms with Crippen LogP contribution in [0, 0.1) is 0 Å². The number of benzene rings is 1. The smallest absolute Gasteiger partial charge is 0.308 e. The summed E-state index contributed by atoms with van der Waals surface area (Å²) in [5.41, 5.74) is 0.786. The van der Waals surface area contributed by atoms with Gasteiger partial charge in [-0.05, 0) is 30.2 Å². The molecule has 1 aromatic carbocycles. The second kappa shape index (κ2) is 7.78. The molecule has 1 amide bonds. The summed E-state index contributed by atoms with van der Waals surface area (Å²) in [7, 11) is 3.15. The normalized spacial score (nSPS) is 17.5. The molecule has 1 aromatic rings. The minimum absolute atomic E-state index is 0.0485. The summed E-state index contributed by atoms with van der Waals surface area (Å²) in [6.45, 7) is 2.65. The van der Waals surface area contributed by atoms with Gasteiger partial charge in [-0.1, -0.05) is 6.07 Å². The van der Waals surface area contributed by atoms with E-state index in [9.17, 15) is 9.59 Å². The molecule has 0 radical (unpaired) electrons. The van der Waals surface area contributed by atoms with Gasteiger partial charge < -0.3 is 19.1 Å². The monoisotopic (exact) mass is 319 g/mol. The molecule has 0 saturated carbocycles. The molecule has 6 nitrogen and oxygen atoms in total. The molecule has 1 saturated heterocycles. The van der Waals surface area contributed by atoms with E-state index in [0.29, 0.717) is 24.6 Å². The Morgan fingerprint density at radius 1 is 1.26 bits per heavy atom. The number of carbonyl (C=O) groups excluding carboxylic acids is 2. The molecule has 1 aliphatic heterocycles. The first-order valence-corrected chi connectivity index (χ1v) is 7.39. The molecule has 1 aliphatic rings. The zero-order valence-corrected chi connectivity index (χ0v) is 13.6. The van der Waals surface area contributed by atoms with Gasteiger partial charge in [0.15, 0.2) is 11.5 Å². The summed E-state index contributed by atoms with van der Waals surface area (Å²) in [5.74, 6) is 0.331. The lowest BCUT2D eigenvalue weighted by Crippen LogP contribution is -2.28. The number of carbonyl (C=O) groups is 2. The van der Waals surface area contributed by atoms with Gasteiger partial charge in [-0.25, -0.2) is 0 Å². The third-order valence-electron chi connectivity index (χ3n) is 3.65. The Hall–Kier alpha value is -2.34. The third-order valence-corrected chi connectivity index (χ3v) is 3.65. The van der Waals surface area contributed by atoms with E-state index < -0.39 is 5.97 Å². The fourth-order valence-corrected chi connectivity index (χ4v) is 2.42. The maximum atomic E-state index is 12.1. The molecule has 1 atom stereocenters. The molecule has 6 heteroatoms. The number of esters is 1. The lowest BCUT2D eigenvalue weighted by atomic mass is 10.2. The quantitative estimate of drug-likeness (QED) is 0.471. The standard InChI is InChI=1S/C17H21NO5/c1-12(19)23-15-6-4-13(10-16(15)22-3)5-7-17(20)18-9-8-14(11-18)21-2/h4-7,10,14H,8-9,11H2,1-3H3/b7-5+. The number of ether oxygens (including phenoxy) is 3. The highest BCUT2D eigenvalue weighted by atomic mass is 16.6. The van der Waals surface area contributed by atoms with Crippen LogP contribution in [0.1, 0.15) is 18.9 Å². The molecule has 1 heterocycles. The third kappa shape index (κ3) is 4.56. The van der Waals surface area contributed by atoms with E-state index in [0.717, 1.165) is 12.0 Å². The van der Waals surface area contributed by atoms with Crippen molar-refractivity contribution in [1.82, 2.24) is 4.90 Å². The highest BCUT2D eigenvalue weighted by Gasteiger charge is 2.24. The number of methoxy groups -OCH3 is 2. The van der Waals surface area contributed by atoms with Crippen molar-refractivity contribution in [2.75, 3.05) is 27.3 Å². The summed E-state index contributed by atoms with van der Waals surface area (Å²) >= 11 is 0. The van der Waals surface area contributed by atoms with Gasteiger partial charge in [0.2, 0.25) is 5.91 Å². The van der Waals surface area contributed by atoms with Crippen molar-refractivity contribution in [3.05, 3.63) is 29.8 Å². The van der Waals surface area contributed by atoms with Crippen LogP contribution in [-0.2, 0) is 14.3 Å². The van der Waals surface area contributed by atoms with Gasteiger partial charge in [-0.3, -0.25) is 9.59 Å². The molecular formula is C17H21NO5. The predicted molar refractivity (Wildman–Crippen MR) is 85.3 cm³/mol. The fraction of sp³-hybridized carbons (Fsp3) is 0.412. The molecule has 0 aliphatic carbocycles. The minimum atomic E-state index is -0.413. The van der Waals surface area contributed by atoms with Crippen molar-refractivity contribution in [2.24, 2.45) is 0 Å². The first kappa shape index (κ1) is 17.0. The number of hydrogen-bond acceptors (Lipinski definition) is 5. The first-order valence-electron chi connectivity index (χ1n) is 7.39. The van der Waals surface area contributed by atoms with E-state index in [4.69, 9.17) is 14.2 Å². The van der Waals surface area contributed by atoms with Crippen LogP contribution in [0.5, 0.6) is 11.5 Å². The summed E-state index contributed by atoms with van der Waals surface area (Å²) in [6, 6.07) is 5.11. The van der Waals surface area contributed by atoms with E-state index in [1.165, 1.54) is 20.1 Å². The highest BCUT2D eigenvalue weighted by molar-refractivity contribution is 5.92. The molecule has 0 spiro atoms. The van der Waals surface area contributed by atoms with Crippen LogP contribution in [0.25, 0.3) is 6.08 Å². The number of amides is 1. The minimum Gasteiger partial charge on any atom is -0.493 e.